The summed E-state index contributed by atoms with van der Waals surface area (Å²) in [4.78, 5) is 25.0. The van der Waals surface area contributed by atoms with Crippen LogP contribution < -0.4 is 19.9 Å². The summed E-state index contributed by atoms with van der Waals surface area (Å²) in [6.07, 6.45) is 1.43. The number of amides is 2. The molecule has 142 valence electrons. The van der Waals surface area contributed by atoms with Crippen LogP contribution in [0.2, 0.25) is 5.02 Å². The van der Waals surface area contributed by atoms with E-state index in [9.17, 15) is 9.59 Å². The van der Waals surface area contributed by atoms with Crippen molar-refractivity contribution < 1.29 is 19.1 Å². The summed E-state index contributed by atoms with van der Waals surface area (Å²) in [6.45, 7) is 1.95. The fourth-order valence-electron chi connectivity index (χ4n) is 2.66. The van der Waals surface area contributed by atoms with E-state index in [0.717, 1.165) is 0 Å². The van der Waals surface area contributed by atoms with Gasteiger partial charge < -0.3 is 9.47 Å². The lowest BCUT2D eigenvalue weighted by molar-refractivity contribution is -0.117. The number of ether oxygens (including phenoxy) is 2. The van der Waals surface area contributed by atoms with Crippen molar-refractivity contribution in [1.29, 1.82) is 5.26 Å². The van der Waals surface area contributed by atoms with Crippen molar-refractivity contribution in [3.05, 3.63) is 58.6 Å². The number of halogens is 1. The van der Waals surface area contributed by atoms with Crippen molar-refractivity contribution in [2.75, 3.05) is 18.2 Å². The van der Waals surface area contributed by atoms with Crippen LogP contribution in [0, 0.1) is 11.3 Å². The number of hydrazine groups is 1. The van der Waals surface area contributed by atoms with Crippen LogP contribution in [0.15, 0.2) is 48.0 Å². The number of carbonyl (C=O) groups is 2. The fourth-order valence-corrected chi connectivity index (χ4v) is 2.94. The number of nitrogens with one attached hydrogen (secondary N) is 1. The van der Waals surface area contributed by atoms with E-state index >= 15 is 0 Å². The summed E-state index contributed by atoms with van der Waals surface area (Å²) in [5.41, 5.74) is 3.55. The molecule has 0 aromatic heterocycles. The van der Waals surface area contributed by atoms with Gasteiger partial charge in [0.2, 0.25) is 0 Å². The molecule has 0 saturated carbocycles. The summed E-state index contributed by atoms with van der Waals surface area (Å²) in [7, 11) is 0. The van der Waals surface area contributed by atoms with Crippen LogP contribution in [0.1, 0.15) is 12.5 Å². The predicted octanol–water partition coefficient (Wildman–Crippen LogP) is 3.10. The maximum atomic E-state index is 12.7. The summed E-state index contributed by atoms with van der Waals surface area (Å²) in [5, 5.41) is 10.1. The molecule has 8 heteroatoms. The smallest absolute Gasteiger partial charge is 0.282 e. The topological polar surface area (TPSA) is 91.7 Å². The first-order chi connectivity index (χ1) is 13.5. The second-order valence-electron chi connectivity index (χ2n) is 5.68. The highest BCUT2D eigenvalue weighted by Crippen LogP contribution is 2.37. The SMILES string of the molecule is CCOc1cc(/C=C2/C(=O)NN(c3ccccc3)C2=O)cc(Cl)c1OCC#N. The molecule has 1 N–H and O–H groups in total. The van der Waals surface area contributed by atoms with Crippen molar-refractivity contribution >= 4 is 35.2 Å². The lowest BCUT2D eigenvalue weighted by Gasteiger charge is -2.14. The maximum absolute atomic E-state index is 12.7. The van der Waals surface area contributed by atoms with Crippen LogP contribution in [0.3, 0.4) is 0 Å². The van der Waals surface area contributed by atoms with Gasteiger partial charge in [0.1, 0.15) is 11.6 Å². The second-order valence-corrected chi connectivity index (χ2v) is 6.09. The predicted molar refractivity (Wildman–Crippen MR) is 104 cm³/mol. The molecule has 2 aromatic carbocycles. The molecule has 7 nitrogen and oxygen atoms in total. The first-order valence-electron chi connectivity index (χ1n) is 8.43. The van der Waals surface area contributed by atoms with Gasteiger partial charge in [0.25, 0.3) is 11.8 Å². The number of carbonyl (C=O) groups excluding carboxylic acids is 2. The molecule has 0 bridgehead atoms. The maximum Gasteiger partial charge on any atom is 0.282 e. The molecule has 1 aliphatic rings. The molecule has 1 aliphatic heterocycles. The van der Waals surface area contributed by atoms with Crippen LogP contribution in [-0.4, -0.2) is 25.0 Å². The monoisotopic (exact) mass is 397 g/mol. The van der Waals surface area contributed by atoms with Gasteiger partial charge in [-0.2, -0.15) is 5.26 Å². The Balaban J connectivity index is 1.95. The van der Waals surface area contributed by atoms with Gasteiger partial charge in [-0.15, -0.1) is 0 Å². The highest BCUT2D eigenvalue weighted by molar-refractivity contribution is 6.33. The molecule has 0 aliphatic carbocycles. The van der Waals surface area contributed by atoms with E-state index < -0.39 is 11.8 Å². The van der Waals surface area contributed by atoms with Gasteiger partial charge in [-0.25, -0.2) is 5.01 Å². The quantitative estimate of drug-likeness (QED) is 0.597. The van der Waals surface area contributed by atoms with Crippen molar-refractivity contribution in [2.24, 2.45) is 0 Å². The molecule has 0 radical (unpaired) electrons. The van der Waals surface area contributed by atoms with Crippen molar-refractivity contribution in [3.8, 4) is 17.6 Å². The van der Waals surface area contributed by atoms with Gasteiger partial charge in [0.05, 0.1) is 17.3 Å². The zero-order valence-corrected chi connectivity index (χ0v) is 15.7. The van der Waals surface area contributed by atoms with Crippen molar-refractivity contribution in [3.63, 3.8) is 0 Å². The number of anilines is 1. The van der Waals surface area contributed by atoms with Crippen molar-refractivity contribution in [1.82, 2.24) is 5.43 Å². The van der Waals surface area contributed by atoms with Gasteiger partial charge >= 0.3 is 0 Å². The molecule has 0 spiro atoms. The highest BCUT2D eigenvalue weighted by atomic mass is 35.5. The van der Waals surface area contributed by atoms with E-state index in [0.29, 0.717) is 23.6 Å². The minimum absolute atomic E-state index is 0.0342. The number of para-hydroxylation sites is 1. The molecular weight excluding hydrogens is 382 g/mol. The molecule has 1 fully saturated rings. The average Bonchev–Trinajstić information content (AvgIpc) is 2.96. The number of hydrogen-bond donors (Lipinski definition) is 1. The number of hydrogen-bond acceptors (Lipinski definition) is 5. The summed E-state index contributed by atoms with van der Waals surface area (Å²) in [6, 6.07) is 13.8. The van der Waals surface area contributed by atoms with E-state index in [1.54, 1.807) is 37.3 Å². The molecule has 2 amide bonds. The van der Waals surface area contributed by atoms with E-state index in [2.05, 4.69) is 5.43 Å². The van der Waals surface area contributed by atoms with Crippen LogP contribution >= 0.6 is 11.6 Å². The Hall–Kier alpha value is -3.50. The van der Waals surface area contributed by atoms with Crippen LogP contribution in [0.25, 0.3) is 6.08 Å². The highest BCUT2D eigenvalue weighted by Gasteiger charge is 2.34. The standard InChI is InChI=1S/C20H16ClN3O4/c1-2-27-17-12-13(11-16(21)18(17)28-9-8-22)10-15-19(25)23-24(20(15)26)14-6-4-3-5-7-14/h3-7,10-12H,2,9H2,1H3,(H,23,25)/b15-10-. The Labute approximate surface area is 166 Å². The van der Waals surface area contributed by atoms with Gasteiger partial charge in [0, 0.05) is 0 Å². The third-order valence-corrected chi connectivity index (χ3v) is 4.11. The number of nitriles is 1. The number of rotatable bonds is 6. The Morgan fingerprint density at radius 3 is 2.64 bits per heavy atom. The Morgan fingerprint density at radius 2 is 1.96 bits per heavy atom. The summed E-state index contributed by atoms with van der Waals surface area (Å²) >= 11 is 6.25. The number of benzene rings is 2. The third kappa shape index (κ3) is 3.92. The van der Waals surface area contributed by atoms with Gasteiger partial charge in [-0.1, -0.05) is 29.8 Å². The average molecular weight is 398 g/mol. The zero-order chi connectivity index (χ0) is 20.1. The number of nitrogens with zero attached hydrogens (tertiary/aromatic N) is 2. The molecule has 0 unspecified atom stereocenters. The van der Waals surface area contributed by atoms with E-state index in [-0.39, 0.29) is 23.0 Å². The minimum atomic E-state index is -0.521. The normalized spacial score (nSPS) is 14.8. The van der Waals surface area contributed by atoms with Crippen LogP contribution in [0.4, 0.5) is 5.69 Å². The summed E-state index contributed by atoms with van der Waals surface area (Å²) in [5.74, 6) is -0.439. The third-order valence-electron chi connectivity index (χ3n) is 3.83. The molecule has 0 atom stereocenters. The molecule has 3 rings (SSSR count). The molecule has 2 aromatic rings. The Kier molecular flexibility index (Phi) is 5.82. The van der Waals surface area contributed by atoms with Crippen LogP contribution in [0.5, 0.6) is 11.5 Å². The van der Waals surface area contributed by atoms with E-state index in [4.69, 9.17) is 26.3 Å². The zero-order valence-electron chi connectivity index (χ0n) is 14.9. The summed E-state index contributed by atoms with van der Waals surface area (Å²) < 4.78 is 10.8. The van der Waals surface area contributed by atoms with Crippen LogP contribution in [-0.2, 0) is 9.59 Å². The Morgan fingerprint density at radius 1 is 1.21 bits per heavy atom. The molecular formula is C20H16ClN3O4. The van der Waals surface area contributed by atoms with Gasteiger partial charge in [0.15, 0.2) is 18.1 Å². The largest absolute Gasteiger partial charge is 0.490 e. The van der Waals surface area contributed by atoms with E-state index in [1.807, 2.05) is 12.1 Å². The first kappa shape index (κ1) is 19.3. The first-order valence-corrected chi connectivity index (χ1v) is 8.81. The lowest BCUT2D eigenvalue weighted by atomic mass is 10.1. The van der Waals surface area contributed by atoms with Gasteiger partial charge in [-0.3, -0.25) is 15.0 Å². The fraction of sp³-hybridized carbons (Fsp3) is 0.150. The van der Waals surface area contributed by atoms with E-state index in [1.165, 1.54) is 17.2 Å². The Bertz CT molecular complexity index is 983. The molecule has 1 heterocycles. The lowest BCUT2D eigenvalue weighted by Crippen LogP contribution is -2.35. The van der Waals surface area contributed by atoms with Crippen molar-refractivity contribution in [2.45, 2.75) is 6.92 Å². The molecule has 1 saturated heterocycles. The second kappa shape index (κ2) is 8.46. The van der Waals surface area contributed by atoms with Gasteiger partial charge in [-0.05, 0) is 42.8 Å². The molecule has 28 heavy (non-hydrogen) atoms. The minimum Gasteiger partial charge on any atom is -0.490 e.